The maximum absolute atomic E-state index is 6.06. The number of aromatic nitrogens is 1. The molecule has 0 amide bonds. The Morgan fingerprint density at radius 1 is 1.06 bits per heavy atom. The SMILES string of the molecule is Cc1cccc(CNc2c(Cl)cccc2Cl)n1. The van der Waals surface area contributed by atoms with Crippen LogP contribution in [0.5, 0.6) is 0 Å². The van der Waals surface area contributed by atoms with Gasteiger partial charge in [-0.3, -0.25) is 4.98 Å². The molecule has 0 unspecified atom stereocenters. The highest BCUT2D eigenvalue weighted by atomic mass is 35.5. The van der Waals surface area contributed by atoms with Crippen LogP contribution in [0.2, 0.25) is 10.0 Å². The summed E-state index contributed by atoms with van der Waals surface area (Å²) in [6.45, 7) is 2.57. The molecule has 1 N–H and O–H groups in total. The zero-order valence-electron chi connectivity index (χ0n) is 9.37. The fourth-order valence-corrected chi connectivity index (χ4v) is 2.07. The largest absolute Gasteiger partial charge is 0.377 e. The van der Waals surface area contributed by atoms with Crippen molar-refractivity contribution in [2.75, 3.05) is 5.32 Å². The predicted octanol–water partition coefficient (Wildman–Crippen LogP) is 4.31. The lowest BCUT2D eigenvalue weighted by Gasteiger charge is -2.10. The second-order valence-electron chi connectivity index (χ2n) is 3.72. The number of rotatable bonds is 3. The van der Waals surface area contributed by atoms with Crippen LogP contribution in [0, 0.1) is 6.92 Å². The predicted molar refractivity (Wildman–Crippen MR) is 72.8 cm³/mol. The summed E-state index contributed by atoms with van der Waals surface area (Å²) < 4.78 is 0. The molecule has 0 bridgehead atoms. The molecule has 1 aromatic heterocycles. The molecule has 0 aliphatic rings. The summed E-state index contributed by atoms with van der Waals surface area (Å²) >= 11 is 12.1. The van der Waals surface area contributed by atoms with Gasteiger partial charge >= 0.3 is 0 Å². The number of benzene rings is 1. The number of halogens is 2. The van der Waals surface area contributed by atoms with Crippen LogP contribution < -0.4 is 5.32 Å². The minimum atomic E-state index is 0.602. The molecule has 17 heavy (non-hydrogen) atoms. The number of para-hydroxylation sites is 1. The highest BCUT2D eigenvalue weighted by Gasteiger charge is 2.04. The molecule has 88 valence electrons. The van der Waals surface area contributed by atoms with Gasteiger partial charge in [0.15, 0.2) is 0 Å². The summed E-state index contributed by atoms with van der Waals surface area (Å²) in [5, 5.41) is 4.43. The van der Waals surface area contributed by atoms with Crippen molar-refractivity contribution >= 4 is 28.9 Å². The molecule has 1 aromatic carbocycles. The number of hydrogen-bond donors (Lipinski definition) is 1. The van der Waals surface area contributed by atoms with Crippen LogP contribution >= 0.6 is 23.2 Å². The third-order valence-electron chi connectivity index (χ3n) is 2.36. The molecule has 0 saturated heterocycles. The zero-order valence-corrected chi connectivity index (χ0v) is 10.9. The Labute approximate surface area is 111 Å². The highest BCUT2D eigenvalue weighted by molar-refractivity contribution is 6.39. The Balaban J connectivity index is 2.13. The van der Waals surface area contributed by atoms with Crippen molar-refractivity contribution in [2.45, 2.75) is 13.5 Å². The van der Waals surface area contributed by atoms with E-state index in [-0.39, 0.29) is 0 Å². The topological polar surface area (TPSA) is 24.9 Å². The van der Waals surface area contributed by atoms with E-state index >= 15 is 0 Å². The molecule has 0 radical (unpaired) electrons. The normalized spacial score (nSPS) is 10.3. The van der Waals surface area contributed by atoms with Crippen molar-refractivity contribution in [2.24, 2.45) is 0 Å². The molecular weight excluding hydrogens is 255 g/mol. The summed E-state index contributed by atoms with van der Waals surface area (Å²) in [7, 11) is 0. The maximum atomic E-state index is 6.06. The van der Waals surface area contributed by atoms with Crippen LogP contribution in [-0.2, 0) is 6.54 Å². The Hall–Kier alpha value is -1.25. The van der Waals surface area contributed by atoms with Gasteiger partial charge in [0.25, 0.3) is 0 Å². The third-order valence-corrected chi connectivity index (χ3v) is 2.98. The average Bonchev–Trinajstić information content (AvgIpc) is 2.28. The number of nitrogens with zero attached hydrogens (tertiary/aromatic N) is 1. The molecule has 0 aliphatic carbocycles. The van der Waals surface area contributed by atoms with E-state index in [1.165, 1.54) is 0 Å². The summed E-state index contributed by atoms with van der Waals surface area (Å²) in [6.07, 6.45) is 0. The first-order valence-electron chi connectivity index (χ1n) is 5.27. The standard InChI is InChI=1S/C13H12Cl2N2/c1-9-4-2-5-10(17-9)8-16-13-11(14)6-3-7-12(13)15/h2-7,16H,8H2,1H3. The van der Waals surface area contributed by atoms with Crippen LogP contribution in [0.25, 0.3) is 0 Å². The molecule has 0 saturated carbocycles. The lowest BCUT2D eigenvalue weighted by Crippen LogP contribution is -2.03. The minimum absolute atomic E-state index is 0.602. The van der Waals surface area contributed by atoms with Crippen molar-refractivity contribution in [1.29, 1.82) is 0 Å². The monoisotopic (exact) mass is 266 g/mol. The van der Waals surface area contributed by atoms with Crippen LogP contribution in [0.1, 0.15) is 11.4 Å². The van der Waals surface area contributed by atoms with E-state index in [4.69, 9.17) is 23.2 Å². The Morgan fingerprint density at radius 2 is 1.71 bits per heavy atom. The quantitative estimate of drug-likeness (QED) is 0.896. The molecule has 0 fully saturated rings. The first-order valence-corrected chi connectivity index (χ1v) is 6.03. The van der Waals surface area contributed by atoms with Crippen molar-refractivity contribution in [3.8, 4) is 0 Å². The zero-order chi connectivity index (χ0) is 12.3. The molecule has 4 heteroatoms. The van der Waals surface area contributed by atoms with E-state index in [2.05, 4.69) is 10.3 Å². The first kappa shape index (κ1) is 12.2. The van der Waals surface area contributed by atoms with Gasteiger partial charge < -0.3 is 5.32 Å². The summed E-state index contributed by atoms with van der Waals surface area (Å²) in [5.74, 6) is 0. The van der Waals surface area contributed by atoms with E-state index in [1.54, 1.807) is 12.1 Å². The number of anilines is 1. The maximum Gasteiger partial charge on any atom is 0.0722 e. The number of nitrogens with one attached hydrogen (secondary N) is 1. The molecule has 1 heterocycles. The second-order valence-corrected chi connectivity index (χ2v) is 4.53. The van der Waals surface area contributed by atoms with Gasteiger partial charge in [0.05, 0.1) is 28.0 Å². The number of aryl methyl sites for hydroxylation is 1. The van der Waals surface area contributed by atoms with E-state index in [1.807, 2.05) is 31.2 Å². The lowest BCUT2D eigenvalue weighted by molar-refractivity contribution is 1.02. The first-order chi connectivity index (χ1) is 8.16. The third kappa shape index (κ3) is 3.11. The van der Waals surface area contributed by atoms with Crippen LogP contribution in [0.3, 0.4) is 0 Å². The second kappa shape index (κ2) is 5.39. The van der Waals surface area contributed by atoms with E-state index in [9.17, 15) is 0 Å². The van der Waals surface area contributed by atoms with Gasteiger partial charge in [-0.2, -0.15) is 0 Å². The summed E-state index contributed by atoms with van der Waals surface area (Å²) in [4.78, 5) is 4.40. The van der Waals surface area contributed by atoms with Crippen molar-refractivity contribution in [1.82, 2.24) is 4.98 Å². The molecule has 0 spiro atoms. The Morgan fingerprint density at radius 3 is 2.35 bits per heavy atom. The molecule has 2 rings (SSSR count). The van der Waals surface area contributed by atoms with E-state index < -0.39 is 0 Å². The van der Waals surface area contributed by atoms with Crippen LogP contribution in [-0.4, -0.2) is 4.98 Å². The fraction of sp³-hybridized carbons (Fsp3) is 0.154. The van der Waals surface area contributed by atoms with Gasteiger partial charge in [-0.15, -0.1) is 0 Å². The van der Waals surface area contributed by atoms with E-state index in [0.717, 1.165) is 17.1 Å². The lowest BCUT2D eigenvalue weighted by atomic mass is 10.3. The number of hydrogen-bond acceptors (Lipinski definition) is 2. The number of pyridine rings is 1. The summed E-state index contributed by atoms with van der Waals surface area (Å²) in [6, 6.07) is 11.3. The fourth-order valence-electron chi connectivity index (χ4n) is 1.54. The van der Waals surface area contributed by atoms with Crippen molar-refractivity contribution in [3.63, 3.8) is 0 Å². The van der Waals surface area contributed by atoms with Gasteiger partial charge in [0.1, 0.15) is 0 Å². The molecule has 2 nitrogen and oxygen atoms in total. The molecule has 0 atom stereocenters. The smallest absolute Gasteiger partial charge is 0.0722 e. The Kier molecular flexibility index (Phi) is 3.87. The average molecular weight is 267 g/mol. The molecular formula is C13H12Cl2N2. The highest BCUT2D eigenvalue weighted by Crippen LogP contribution is 2.29. The molecule has 0 aliphatic heterocycles. The summed E-state index contributed by atoms with van der Waals surface area (Å²) in [5.41, 5.74) is 2.70. The van der Waals surface area contributed by atoms with E-state index in [0.29, 0.717) is 16.6 Å². The van der Waals surface area contributed by atoms with Crippen LogP contribution in [0.15, 0.2) is 36.4 Å². The van der Waals surface area contributed by atoms with Crippen molar-refractivity contribution in [3.05, 3.63) is 57.8 Å². The minimum Gasteiger partial charge on any atom is -0.377 e. The van der Waals surface area contributed by atoms with Gasteiger partial charge in [0, 0.05) is 5.69 Å². The van der Waals surface area contributed by atoms with Crippen LogP contribution in [0.4, 0.5) is 5.69 Å². The van der Waals surface area contributed by atoms with Gasteiger partial charge in [0.2, 0.25) is 0 Å². The van der Waals surface area contributed by atoms with Gasteiger partial charge in [-0.1, -0.05) is 35.3 Å². The van der Waals surface area contributed by atoms with Crippen molar-refractivity contribution < 1.29 is 0 Å². The molecule has 2 aromatic rings. The Bertz CT molecular complexity index is 506. The van der Waals surface area contributed by atoms with Gasteiger partial charge in [-0.05, 0) is 31.2 Å². The van der Waals surface area contributed by atoms with Gasteiger partial charge in [-0.25, -0.2) is 0 Å².